The Bertz CT molecular complexity index is 744. The molecule has 0 spiro atoms. The van der Waals surface area contributed by atoms with Crippen molar-refractivity contribution in [3.8, 4) is 0 Å². The molecule has 2 heterocycles. The average molecular weight is 582 g/mol. The predicted molar refractivity (Wildman–Crippen MR) is 111 cm³/mol. The third kappa shape index (κ3) is 5.75. The first-order valence-electron chi connectivity index (χ1n) is 9.20. The second-order valence-electron chi connectivity index (χ2n) is 8.40. The van der Waals surface area contributed by atoms with E-state index >= 15 is 0 Å². The number of aromatic nitrogens is 2. The van der Waals surface area contributed by atoms with Crippen LogP contribution in [0.3, 0.4) is 0 Å². The van der Waals surface area contributed by atoms with Crippen LogP contribution in [0.15, 0.2) is 40.9 Å². The minimum atomic E-state index is 0. The summed E-state index contributed by atoms with van der Waals surface area (Å²) in [6.07, 6.45) is 6.11. The Morgan fingerprint density at radius 3 is 1.61 bits per heavy atom. The van der Waals surface area contributed by atoms with E-state index in [0.29, 0.717) is 0 Å². The number of anilines is 1. The first kappa shape index (κ1) is 27.0. The van der Waals surface area contributed by atoms with Gasteiger partial charge in [0.2, 0.25) is 5.95 Å². The maximum atomic E-state index is 4.68. The van der Waals surface area contributed by atoms with Gasteiger partial charge in [0.05, 0.1) is 5.69 Å². The van der Waals surface area contributed by atoms with E-state index in [4.69, 9.17) is 0 Å². The number of aryl methyl sites for hydroxylation is 1. The van der Waals surface area contributed by atoms with Crippen LogP contribution in [-0.2, 0) is 32.6 Å². The minimum Gasteiger partial charge on any atom is -1.00 e. The van der Waals surface area contributed by atoms with E-state index in [0.717, 1.165) is 11.6 Å². The fourth-order valence-electron chi connectivity index (χ4n) is 3.03. The third-order valence-electron chi connectivity index (χ3n) is 5.43. The van der Waals surface area contributed by atoms with Crippen LogP contribution in [0, 0.1) is 12.6 Å². The fourth-order valence-corrected chi connectivity index (χ4v) is 3.03. The molecule has 1 aliphatic carbocycles. The number of halogens is 1. The Hall–Kier alpha value is -1.03. The zero-order valence-electron chi connectivity index (χ0n) is 18.8. The first-order valence-corrected chi connectivity index (χ1v) is 9.20. The summed E-state index contributed by atoms with van der Waals surface area (Å²) in [6.45, 7) is 19.5. The molecule has 1 aromatic rings. The van der Waals surface area contributed by atoms with E-state index in [-0.39, 0.29) is 37.9 Å². The van der Waals surface area contributed by atoms with Gasteiger partial charge in [0, 0.05) is 64.1 Å². The van der Waals surface area contributed by atoms with E-state index in [2.05, 4.69) is 71.1 Å². The van der Waals surface area contributed by atoms with Crippen molar-refractivity contribution in [3.63, 3.8) is 0 Å². The van der Waals surface area contributed by atoms with Crippen molar-refractivity contribution in [3.05, 3.63) is 59.2 Å². The molecule has 0 saturated carbocycles. The summed E-state index contributed by atoms with van der Waals surface area (Å²) in [5.74, 6) is 2.42. The van der Waals surface area contributed by atoms with E-state index < -0.39 is 0 Å². The quantitative estimate of drug-likeness (QED) is 0.509. The fraction of sp³-hybridized carbons (Fsp3) is 0.500. The minimum absolute atomic E-state index is 0. The number of hydrogen-bond donors (Lipinski definition) is 0. The van der Waals surface area contributed by atoms with Gasteiger partial charge < -0.3 is 21.9 Å². The molecule has 6 heteroatoms. The van der Waals surface area contributed by atoms with Crippen molar-refractivity contribution >= 4 is 5.95 Å². The molecule has 0 N–H and O–H groups in total. The molecule has 1 aliphatic heterocycles. The molecule has 0 saturated heterocycles. The van der Waals surface area contributed by atoms with E-state index in [1.54, 1.807) is 0 Å². The van der Waals surface area contributed by atoms with Gasteiger partial charge in [-0.25, -0.2) is 4.98 Å². The van der Waals surface area contributed by atoms with Crippen LogP contribution in [-0.4, -0.2) is 21.5 Å². The molecule has 28 heavy (non-hydrogen) atoms. The molecule has 0 fully saturated rings. The van der Waals surface area contributed by atoms with Crippen molar-refractivity contribution in [1.82, 2.24) is 14.5 Å². The second kappa shape index (κ2) is 10.1. The van der Waals surface area contributed by atoms with Crippen molar-refractivity contribution in [2.45, 2.75) is 60.8 Å². The molecule has 3 radical (unpaired) electrons. The summed E-state index contributed by atoms with van der Waals surface area (Å²) in [5, 5.41) is 0. The molecule has 3 rings (SSSR count). The summed E-state index contributed by atoms with van der Waals surface area (Å²) in [7, 11) is 4.03. The van der Waals surface area contributed by atoms with E-state index in [9.17, 15) is 0 Å². The van der Waals surface area contributed by atoms with Crippen LogP contribution in [0.5, 0.6) is 0 Å². The molecular weight excluding hydrogens is 548 g/mol. The smallest absolute Gasteiger partial charge is 0.211 e. The third-order valence-corrected chi connectivity index (χ3v) is 5.43. The van der Waals surface area contributed by atoms with Crippen molar-refractivity contribution < 1.29 is 32.5 Å². The average Bonchev–Trinajstić information content (AvgIpc) is 3.20. The van der Waals surface area contributed by atoms with Crippen LogP contribution in [0.2, 0.25) is 0 Å². The monoisotopic (exact) mass is 582 g/mol. The topological polar surface area (TPSA) is 24.3 Å². The number of nitrogens with zero attached hydrogens (tertiary/aromatic N) is 4. The Morgan fingerprint density at radius 2 is 1.32 bits per heavy atom. The predicted octanol–water partition coefficient (Wildman–Crippen LogP) is 2.33. The van der Waals surface area contributed by atoms with Crippen LogP contribution in [0.25, 0.3) is 0 Å². The van der Waals surface area contributed by atoms with Gasteiger partial charge in [-0.3, -0.25) is 4.90 Å². The van der Waals surface area contributed by atoms with Crippen LogP contribution >= 0.6 is 0 Å². The Morgan fingerprint density at radius 1 is 0.821 bits per heavy atom. The standard InChI is InChI=1S/C12H19N4.C10H15.ClH.Ir/c1-12(2,3)10-8-15(5)11(13-10)16-7-6-14(4)9-16;1-6-7(2)9(4)10(5)8(6)3;;/h6-9H,1-5H3;1-5H3;1H;/p-1. The SMILES string of the molecule is CN1[CH]N(c2nc(C(C)(C)C)cn2C)C=C1.C[C]1C(C)=C(C)C(C)=C1C.[Cl-].[Ir]. The number of hydrogen-bond acceptors (Lipinski definition) is 3. The molecule has 159 valence electrons. The molecule has 4 nitrogen and oxygen atoms in total. The van der Waals surface area contributed by atoms with Gasteiger partial charge in [-0.1, -0.05) is 38.8 Å². The van der Waals surface area contributed by atoms with Crippen molar-refractivity contribution in [2.75, 3.05) is 11.9 Å². The molecule has 0 atom stereocenters. The van der Waals surface area contributed by atoms with Crippen LogP contribution < -0.4 is 17.3 Å². The number of rotatable bonds is 1. The van der Waals surface area contributed by atoms with Gasteiger partial charge >= 0.3 is 0 Å². The van der Waals surface area contributed by atoms with E-state index in [1.165, 1.54) is 28.2 Å². The maximum absolute atomic E-state index is 4.68. The van der Waals surface area contributed by atoms with Gasteiger partial charge in [-0.2, -0.15) is 0 Å². The number of allylic oxidation sites excluding steroid dienone is 4. The summed E-state index contributed by atoms with van der Waals surface area (Å²) < 4.78 is 2.06. The molecule has 0 unspecified atom stereocenters. The molecular formula is C22H34ClIrN4-. The van der Waals surface area contributed by atoms with Crippen molar-refractivity contribution in [1.29, 1.82) is 0 Å². The van der Waals surface area contributed by atoms with Gasteiger partial charge in [0.15, 0.2) is 0 Å². The molecule has 0 aromatic carbocycles. The zero-order chi connectivity index (χ0) is 19.8. The Kier molecular flexibility index (Phi) is 9.76. The van der Waals surface area contributed by atoms with Gasteiger partial charge in [-0.15, -0.1) is 0 Å². The Balaban J connectivity index is 0.000000532. The van der Waals surface area contributed by atoms with Crippen LogP contribution in [0.4, 0.5) is 5.95 Å². The summed E-state index contributed by atoms with van der Waals surface area (Å²) >= 11 is 0. The Labute approximate surface area is 191 Å². The van der Waals surface area contributed by atoms with Gasteiger partial charge in [0.1, 0.15) is 6.67 Å². The van der Waals surface area contributed by atoms with Gasteiger partial charge in [-0.05, 0) is 38.8 Å². The van der Waals surface area contributed by atoms with Crippen LogP contribution in [0.1, 0.15) is 61.1 Å². The molecule has 2 aliphatic rings. The zero-order valence-corrected chi connectivity index (χ0v) is 22.0. The van der Waals surface area contributed by atoms with Crippen molar-refractivity contribution in [2.24, 2.45) is 7.05 Å². The van der Waals surface area contributed by atoms with Gasteiger partial charge in [0.25, 0.3) is 0 Å². The first-order chi connectivity index (χ1) is 11.9. The summed E-state index contributed by atoms with van der Waals surface area (Å²) in [4.78, 5) is 8.71. The molecule has 0 amide bonds. The summed E-state index contributed by atoms with van der Waals surface area (Å²) in [5.41, 5.74) is 7.07. The maximum Gasteiger partial charge on any atom is 0.211 e. The second-order valence-corrected chi connectivity index (χ2v) is 8.40. The van der Waals surface area contributed by atoms with E-state index in [1.807, 2.05) is 43.0 Å². The summed E-state index contributed by atoms with van der Waals surface area (Å²) in [6, 6.07) is 0. The number of imidazole rings is 1. The molecule has 1 aromatic heterocycles. The normalized spacial score (nSPS) is 16.9. The molecule has 0 bridgehead atoms. The largest absolute Gasteiger partial charge is 1.00 e.